The van der Waals surface area contributed by atoms with Gasteiger partial charge in [-0.2, -0.15) is 0 Å². The number of hydrogen-bond acceptors (Lipinski definition) is 5. The fraction of sp³-hybridized carbons (Fsp3) is 0.231. The van der Waals surface area contributed by atoms with Crippen molar-refractivity contribution >= 4 is 60.2 Å². The van der Waals surface area contributed by atoms with Gasteiger partial charge in [0.05, 0.1) is 31.5 Å². The molecule has 0 atom stereocenters. The molecule has 6 heteroatoms. The Labute approximate surface area is 124 Å². The predicted octanol–water partition coefficient (Wildman–Crippen LogP) is 3.87. The van der Waals surface area contributed by atoms with Gasteiger partial charge in [-0.25, -0.2) is 4.98 Å². The maximum absolute atomic E-state index is 5.82. The molecule has 0 unspecified atom stereocenters. The van der Waals surface area contributed by atoms with Gasteiger partial charge in [0.1, 0.15) is 5.75 Å². The van der Waals surface area contributed by atoms with E-state index >= 15 is 0 Å². The number of thiophene rings is 1. The van der Waals surface area contributed by atoms with E-state index in [-0.39, 0.29) is 0 Å². The molecule has 0 aliphatic heterocycles. The van der Waals surface area contributed by atoms with Crippen LogP contribution in [0.4, 0.5) is 0 Å². The van der Waals surface area contributed by atoms with Gasteiger partial charge in [-0.1, -0.05) is 12.2 Å². The molecule has 98 valence electrons. The molecule has 2 aromatic heterocycles. The van der Waals surface area contributed by atoms with Crippen molar-refractivity contribution < 1.29 is 4.74 Å². The molecular weight excluding hydrogens is 296 g/mol. The predicted molar refractivity (Wildman–Crippen MR) is 86.6 cm³/mol. The quantitative estimate of drug-likeness (QED) is 0.743. The Bertz CT molecular complexity index is 760. The van der Waals surface area contributed by atoms with Gasteiger partial charge in [0.15, 0.2) is 0 Å². The first-order chi connectivity index (χ1) is 9.15. The molecule has 3 nitrogen and oxygen atoms in total. The largest absolute Gasteiger partial charge is 0.492 e. The van der Waals surface area contributed by atoms with Crippen molar-refractivity contribution in [2.45, 2.75) is 13.3 Å². The second-order valence-electron chi connectivity index (χ2n) is 4.18. The van der Waals surface area contributed by atoms with E-state index in [0.29, 0.717) is 18.0 Å². The van der Waals surface area contributed by atoms with Gasteiger partial charge >= 0.3 is 0 Å². The highest BCUT2D eigenvalue weighted by Crippen LogP contribution is 2.38. The number of nitrogens with zero attached hydrogens (tertiary/aromatic N) is 1. The van der Waals surface area contributed by atoms with E-state index in [1.165, 1.54) is 4.70 Å². The molecule has 19 heavy (non-hydrogen) atoms. The van der Waals surface area contributed by atoms with Crippen molar-refractivity contribution in [1.29, 1.82) is 0 Å². The Hall–Kier alpha value is -1.24. The van der Waals surface area contributed by atoms with E-state index in [1.54, 1.807) is 22.7 Å². The second kappa shape index (κ2) is 5.03. The molecule has 0 saturated heterocycles. The summed E-state index contributed by atoms with van der Waals surface area (Å²) in [5.74, 6) is 0.892. The van der Waals surface area contributed by atoms with Gasteiger partial charge in [-0.3, -0.25) is 0 Å². The zero-order valence-corrected chi connectivity index (χ0v) is 12.8. The Balaban J connectivity index is 2.05. The summed E-state index contributed by atoms with van der Waals surface area (Å²) < 4.78 is 8.18. The lowest BCUT2D eigenvalue weighted by atomic mass is 10.2. The average Bonchev–Trinajstić information content (AvgIpc) is 2.93. The van der Waals surface area contributed by atoms with Crippen LogP contribution in [0.5, 0.6) is 5.75 Å². The molecule has 1 aromatic carbocycles. The number of nitrogens with two attached hydrogens (primary N) is 1. The normalized spacial score (nSPS) is 11.2. The van der Waals surface area contributed by atoms with Crippen LogP contribution in [0.25, 0.3) is 20.3 Å². The van der Waals surface area contributed by atoms with Crippen LogP contribution in [-0.4, -0.2) is 16.6 Å². The summed E-state index contributed by atoms with van der Waals surface area (Å²) in [5, 5.41) is 4.26. The first kappa shape index (κ1) is 12.8. The summed E-state index contributed by atoms with van der Waals surface area (Å²) in [7, 11) is 0. The maximum Gasteiger partial charge on any atom is 0.129 e. The van der Waals surface area contributed by atoms with Crippen LogP contribution in [0.1, 0.15) is 11.4 Å². The van der Waals surface area contributed by atoms with E-state index in [2.05, 4.69) is 22.5 Å². The van der Waals surface area contributed by atoms with Crippen molar-refractivity contribution in [2.75, 3.05) is 6.61 Å². The first-order valence-electron chi connectivity index (χ1n) is 5.83. The molecule has 0 fully saturated rings. The van der Waals surface area contributed by atoms with Gasteiger partial charge < -0.3 is 10.5 Å². The summed E-state index contributed by atoms with van der Waals surface area (Å²) in [6, 6.07) is 4.14. The smallest absolute Gasteiger partial charge is 0.129 e. The van der Waals surface area contributed by atoms with Gasteiger partial charge in [-0.15, -0.1) is 22.7 Å². The third-order valence-corrected chi connectivity index (χ3v) is 4.82. The Morgan fingerprint density at radius 3 is 3.16 bits per heavy atom. The van der Waals surface area contributed by atoms with Crippen LogP contribution in [0.2, 0.25) is 0 Å². The standard InChI is InChI=1S/C13H12N2OS3/c1-7-15-12-10(19-7)6-9(16-4-2-11(14)17)8-3-5-18-13(8)12/h3,5-6H,2,4H2,1H3,(H2,14,17). The van der Waals surface area contributed by atoms with Crippen LogP contribution in [0.3, 0.4) is 0 Å². The topological polar surface area (TPSA) is 48.1 Å². The lowest BCUT2D eigenvalue weighted by molar-refractivity contribution is 0.334. The monoisotopic (exact) mass is 308 g/mol. The van der Waals surface area contributed by atoms with Crippen molar-refractivity contribution in [3.8, 4) is 5.75 Å². The van der Waals surface area contributed by atoms with Crippen LogP contribution in [0, 0.1) is 6.92 Å². The second-order valence-corrected chi connectivity index (χ2v) is 6.86. The number of fused-ring (bicyclic) bond motifs is 3. The zero-order valence-electron chi connectivity index (χ0n) is 10.3. The molecule has 3 rings (SSSR count). The summed E-state index contributed by atoms with van der Waals surface area (Å²) in [6.07, 6.45) is 0.598. The average molecular weight is 308 g/mol. The van der Waals surface area contributed by atoms with Crippen molar-refractivity contribution in [3.05, 3.63) is 22.5 Å². The number of ether oxygens (including phenoxy) is 1. The first-order valence-corrected chi connectivity index (χ1v) is 7.94. The van der Waals surface area contributed by atoms with Gasteiger partial charge in [-0.05, 0) is 18.4 Å². The molecule has 0 amide bonds. The highest BCUT2D eigenvalue weighted by atomic mass is 32.1. The summed E-state index contributed by atoms with van der Waals surface area (Å²) >= 11 is 8.25. The third kappa shape index (κ3) is 2.43. The number of thiazole rings is 1. The van der Waals surface area contributed by atoms with Crippen LogP contribution >= 0.6 is 34.9 Å². The van der Waals surface area contributed by atoms with Crippen molar-refractivity contribution in [3.63, 3.8) is 0 Å². The minimum atomic E-state index is 0.483. The van der Waals surface area contributed by atoms with Crippen LogP contribution < -0.4 is 10.5 Å². The molecule has 2 heterocycles. The molecule has 0 spiro atoms. The summed E-state index contributed by atoms with van der Waals surface area (Å²) in [6.45, 7) is 2.54. The van der Waals surface area contributed by atoms with Crippen LogP contribution in [0.15, 0.2) is 17.5 Å². The molecule has 0 bridgehead atoms. The number of hydrogen-bond donors (Lipinski definition) is 1. The molecule has 2 N–H and O–H groups in total. The molecular formula is C13H12N2OS3. The maximum atomic E-state index is 5.82. The van der Waals surface area contributed by atoms with E-state index in [9.17, 15) is 0 Å². The number of aryl methyl sites for hydroxylation is 1. The van der Waals surface area contributed by atoms with Crippen molar-refractivity contribution in [1.82, 2.24) is 4.98 Å². The SMILES string of the molecule is Cc1nc2c(cc(OCCC(N)=S)c3ccsc32)s1. The molecule has 0 radical (unpaired) electrons. The molecule has 0 aliphatic rings. The summed E-state index contributed by atoms with van der Waals surface area (Å²) in [5.41, 5.74) is 6.57. The van der Waals surface area contributed by atoms with E-state index in [0.717, 1.165) is 26.4 Å². The minimum absolute atomic E-state index is 0.483. The fourth-order valence-corrected chi connectivity index (χ4v) is 3.88. The minimum Gasteiger partial charge on any atom is -0.492 e. The van der Waals surface area contributed by atoms with Crippen LogP contribution in [-0.2, 0) is 0 Å². The third-order valence-electron chi connectivity index (χ3n) is 2.77. The lowest BCUT2D eigenvalue weighted by Gasteiger charge is -2.07. The van der Waals surface area contributed by atoms with E-state index in [1.807, 2.05) is 6.92 Å². The van der Waals surface area contributed by atoms with Gasteiger partial charge in [0, 0.05) is 17.9 Å². The summed E-state index contributed by atoms with van der Waals surface area (Å²) in [4.78, 5) is 5.08. The lowest BCUT2D eigenvalue weighted by Crippen LogP contribution is -2.12. The van der Waals surface area contributed by atoms with E-state index in [4.69, 9.17) is 22.7 Å². The Morgan fingerprint density at radius 1 is 1.53 bits per heavy atom. The van der Waals surface area contributed by atoms with Crippen molar-refractivity contribution in [2.24, 2.45) is 5.73 Å². The van der Waals surface area contributed by atoms with Gasteiger partial charge in [0.2, 0.25) is 0 Å². The number of aromatic nitrogens is 1. The number of rotatable bonds is 4. The van der Waals surface area contributed by atoms with Gasteiger partial charge in [0.25, 0.3) is 0 Å². The molecule has 3 aromatic rings. The zero-order chi connectivity index (χ0) is 13.4. The fourth-order valence-electron chi connectivity index (χ4n) is 1.97. The molecule has 0 saturated carbocycles. The molecule has 0 aliphatic carbocycles. The number of benzene rings is 1. The highest BCUT2D eigenvalue weighted by molar-refractivity contribution is 7.80. The Morgan fingerprint density at radius 2 is 2.37 bits per heavy atom. The number of thiocarbonyl (C=S) groups is 1. The highest BCUT2D eigenvalue weighted by Gasteiger charge is 2.12. The Kier molecular flexibility index (Phi) is 3.38. The van der Waals surface area contributed by atoms with E-state index < -0.39 is 0 Å².